The van der Waals surface area contributed by atoms with Gasteiger partial charge in [0.25, 0.3) is 0 Å². The number of benzene rings is 1. The maximum atomic E-state index is 13.7. The minimum Gasteiger partial charge on any atom is -0.444 e. The number of nitrogens with zero attached hydrogens (tertiary/aromatic N) is 1. The molecule has 3 unspecified atom stereocenters. The van der Waals surface area contributed by atoms with Crippen molar-refractivity contribution in [2.45, 2.75) is 112 Å². The van der Waals surface area contributed by atoms with Crippen LogP contribution in [0.3, 0.4) is 0 Å². The van der Waals surface area contributed by atoms with Gasteiger partial charge in [-0.05, 0) is 77.8 Å². The highest BCUT2D eigenvalue weighted by Crippen LogP contribution is 2.29. The molecule has 2 N–H and O–H groups in total. The summed E-state index contributed by atoms with van der Waals surface area (Å²) in [5.41, 5.74) is 1.05. The summed E-state index contributed by atoms with van der Waals surface area (Å²) < 4.78 is 5.30. The van der Waals surface area contributed by atoms with Gasteiger partial charge in [0.05, 0.1) is 0 Å². The lowest BCUT2D eigenvalue weighted by atomic mass is 9.95. The zero-order valence-electron chi connectivity index (χ0n) is 23.2. The number of carbonyl (C=O) groups is 3. The molecule has 0 aliphatic heterocycles. The van der Waals surface area contributed by atoms with E-state index in [4.69, 9.17) is 4.74 Å². The van der Waals surface area contributed by atoms with Crippen LogP contribution in [0.5, 0.6) is 0 Å². The van der Waals surface area contributed by atoms with E-state index in [9.17, 15) is 14.4 Å². The fourth-order valence-electron chi connectivity index (χ4n) is 4.05. The Labute approximate surface area is 212 Å². The van der Waals surface area contributed by atoms with E-state index in [2.05, 4.69) is 31.4 Å². The molecule has 35 heavy (non-hydrogen) atoms. The fraction of sp³-hybridized carbons (Fsp3) is 0.679. The van der Waals surface area contributed by atoms with Gasteiger partial charge in [0.2, 0.25) is 11.8 Å². The molecule has 1 aromatic carbocycles. The number of aryl methyl sites for hydroxylation is 1. The molecule has 7 heteroatoms. The number of alkyl carbamates (subject to hydrolysis) is 1. The first-order chi connectivity index (χ1) is 16.3. The standard InChI is InChI=1S/C28H47N3O4/c1-10-13-21(5)30-26(33)25(23-15-12-11-14-20(23)4)31(22(6)17-16-19(2)3)24(32)18-29-27(34)35-28(7,8)9/h11-12,14-15,19,21-22,25H,10,13,16-18H2,1-9H3,(H,29,34)(H,30,33). The van der Waals surface area contributed by atoms with Crippen molar-refractivity contribution in [1.29, 1.82) is 0 Å². The van der Waals surface area contributed by atoms with Gasteiger partial charge in [0, 0.05) is 12.1 Å². The van der Waals surface area contributed by atoms with Gasteiger partial charge in [-0.25, -0.2) is 4.79 Å². The fourth-order valence-corrected chi connectivity index (χ4v) is 4.05. The quantitative estimate of drug-likeness (QED) is 0.405. The van der Waals surface area contributed by atoms with E-state index < -0.39 is 17.7 Å². The number of nitrogens with one attached hydrogen (secondary N) is 2. The Balaban J connectivity index is 3.36. The van der Waals surface area contributed by atoms with Gasteiger partial charge in [-0.15, -0.1) is 0 Å². The third-order valence-electron chi connectivity index (χ3n) is 5.83. The second kappa shape index (κ2) is 14.1. The van der Waals surface area contributed by atoms with Crippen LogP contribution in [0, 0.1) is 12.8 Å². The molecule has 0 saturated heterocycles. The molecule has 3 amide bonds. The van der Waals surface area contributed by atoms with Gasteiger partial charge in [-0.2, -0.15) is 0 Å². The topological polar surface area (TPSA) is 87.7 Å². The molecule has 0 heterocycles. The molecule has 1 aromatic rings. The van der Waals surface area contributed by atoms with Gasteiger partial charge in [0.1, 0.15) is 18.2 Å². The van der Waals surface area contributed by atoms with Crippen LogP contribution in [-0.2, 0) is 14.3 Å². The van der Waals surface area contributed by atoms with Crippen LogP contribution < -0.4 is 10.6 Å². The third kappa shape index (κ3) is 10.7. The van der Waals surface area contributed by atoms with Gasteiger partial charge in [-0.3, -0.25) is 9.59 Å². The first-order valence-electron chi connectivity index (χ1n) is 12.9. The van der Waals surface area contributed by atoms with Crippen LogP contribution in [0.1, 0.15) is 98.2 Å². The van der Waals surface area contributed by atoms with Crippen molar-refractivity contribution in [2.75, 3.05) is 6.54 Å². The molecule has 3 atom stereocenters. The van der Waals surface area contributed by atoms with Crippen molar-refractivity contribution < 1.29 is 19.1 Å². The molecule has 7 nitrogen and oxygen atoms in total. The molecule has 0 fully saturated rings. The molecule has 0 aliphatic rings. The minimum absolute atomic E-state index is 0.0122. The Morgan fingerprint density at radius 2 is 1.63 bits per heavy atom. The van der Waals surface area contributed by atoms with Gasteiger partial charge >= 0.3 is 6.09 Å². The maximum Gasteiger partial charge on any atom is 0.408 e. The first-order valence-corrected chi connectivity index (χ1v) is 12.9. The molecule has 0 saturated carbocycles. The molecule has 0 spiro atoms. The Morgan fingerprint density at radius 1 is 1.00 bits per heavy atom. The molecular formula is C28H47N3O4. The predicted octanol–water partition coefficient (Wildman–Crippen LogP) is 5.52. The Morgan fingerprint density at radius 3 is 2.17 bits per heavy atom. The highest BCUT2D eigenvalue weighted by molar-refractivity contribution is 5.91. The van der Waals surface area contributed by atoms with Crippen LogP contribution in [0.2, 0.25) is 0 Å². The van der Waals surface area contributed by atoms with E-state index in [1.54, 1.807) is 25.7 Å². The first kappa shape index (κ1) is 30.5. The average molecular weight is 490 g/mol. The molecular weight excluding hydrogens is 442 g/mol. The van der Waals surface area contributed by atoms with Crippen molar-refractivity contribution in [3.8, 4) is 0 Å². The lowest BCUT2D eigenvalue weighted by Crippen LogP contribution is -2.52. The normalized spacial score (nSPS) is 14.1. The van der Waals surface area contributed by atoms with Crippen LogP contribution in [0.15, 0.2) is 24.3 Å². The molecule has 0 bridgehead atoms. The molecule has 1 rings (SSSR count). The third-order valence-corrected chi connectivity index (χ3v) is 5.83. The Bertz CT molecular complexity index is 832. The van der Waals surface area contributed by atoms with Crippen LogP contribution >= 0.6 is 0 Å². The number of ether oxygens (including phenoxy) is 1. The van der Waals surface area contributed by atoms with E-state index in [0.717, 1.165) is 36.8 Å². The maximum absolute atomic E-state index is 13.7. The van der Waals surface area contributed by atoms with Crippen molar-refractivity contribution in [2.24, 2.45) is 5.92 Å². The van der Waals surface area contributed by atoms with Crippen LogP contribution in [0.4, 0.5) is 4.79 Å². The molecule has 0 radical (unpaired) electrons. The largest absolute Gasteiger partial charge is 0.444 e. The van der Waals surface area contributed by atoms with E-state index >= 15 is 0 Å². The zero-order chi connectivity index (χ0) is 26.8. The summed E-state index contributed by atoms with van der Waals surface area (Å²) in [7, 11) is 0. The second-order valence-electron chi connectivity index (χ2n) is 10.9. The summed E-state index contributed by atoms with van der Waals surface area (Å²) >= 11 is 0. The number of hydrogen-bond acceptors (Lipinski definition) is 4. The predicted molar refractivity (Wildman–Crippen MR) is 141 cm³/mol. The summed E-state index contributed by atoms with van der Waals surface area (Å²) in [5, 5.41) is 5.69. The van der Waals surface area contributed by atoms with Crippen molar-refractivity contribution in [3.63, 3.8) is 0 Å². The van der Waals surface area contributed by atoms with E-state index in [1.165, 1.54) is 0 Å². The Kier molecular flexibility index (Phi) is 12.3. The van der Waals surface area contributed by atoms with E-state index in [-0.39, 0.29) is 30.4 Å². The molecule has 0 aliphatic carbocycles. The Hall–Kier alpha value is -2.57. The number of carbonyl (C=O) groups excluding carboxylic acids is 3. The number of rotatable bonds is 12. The summed E-state index contributed by atoms with van der Waals surface area (Å²) in [6.45, 7) is 17.3. The van der Waals surface area contributed by atoms with Gasteiger partial charge in [-0.1, -0.05) is 51.5 Å². The monoisotopic (exact) mass is 489 g/mol. The number of hydrogen-bond donors (Lipinski definition) is 2. The van der Waals surface area contributed by atoms with Crippen molar-refractivity contribution in [3.05, 3.63) is 35.4 Å². The van der Waals surface area contributed by atoms with Crippen molar-refractivity contribution >= 4 is 17.9 Å². The summed E-state index contributed by atoms with van der Waals surface area (Å²) in [6.07, 6.45) is 2.80. The highest BCUT2D eigenvalue weighted by atomic mass is 16.6. The van der Waals surface area contributed by atoms with Crippen molar-refractivity contribution in [1.82, 2.24) is 15.5 Å². The van der Waals surface area contributed by atoms with Gasteiger partial charge in [0.15, 0.2) is 0 Å². The van der Waals surface area contributed by atoms with Crippen LogP contribution in [-0.4, -0.2) is 47.0 Å². The second-order valence-corrected chi connectivity index (χ2v) is 10.9. The number of amides is 3. The summed E-state index contributed by atoms with van der Waals surface area (Å²) in [6, 6.07) is 6.64. The highest BCUT2D eigenvalue weighted by Gasteiger charge is 2.36. The van der Waals surface area contributed by atoms with Crippen LogP contribution in [0.25, 0.3) is 0 Å². The average Bonchev–Trinajstić information content (AvgIpc) is 2.73. The lowest BCUT2D eigenvalue weighted by molar-refractivity contribution is -0.143. The molecule has 198 valence electrons. The minimum atomic E-state index is -0.800. The van der Waals surface area contributed by atoms with E-state index in [0.29, 0.717) is 5.92 Å². The summed E-state index contributed by atoms with van der Waals surface area (Å²) in [4.78, 5) is 41.2. The summed E-state index contributed by atoms with van der Waals surface area (Å²) in [5.74, 6) is -0.0643. The lowest BCUT2D eigenvalue weighted by Gasteiger charge is -2.37. The van der Waals surface area contributed by atoms with Gasteiger partial charge < -0.3 is 20.3 Å². The zero-order valence-corrected chi connectivity index (χ0v) is 23.2. The molecule has 0 aromatic heterocycles. The SMILES string of the molecule is CCCC(C)NC(=O)C(c1ccccc1C)N(C(=O)CNC(=O)OC(C)(C)C)C(C)CCC(C)C. The van der Waals surface area contributed by atoms with E-state index in [1.807, 2.05) is 45.0 Å². The smallest absolute Gasteiger partial charge is 0.408 e.